The Balaban J connectivity index is 1.63. The molecule has 0 fully saturated rings. The number of nitrogens with zero attached hydrogens (tertiary/aromatic N) is 1. The minimum absolute atomic E-state index is 0.172. The van der Waals surface area contributed by atoms with Crippen molar-refractivity contribution in [2.45, 2.75) is 13.3 Å². The van der Waals surface area contributed by atoms with Crippen LogP contribution in [-0.2, 0) is 6.42 Å². The zero-order valence-electron chi connectivity index (χ0n) is 13.9. The molecule has 26 heavy (non-hydrogen) atoms. The van der Waals surface area contributed by atoms with E-state index in [1.54, 1.807) is 11.3 Å². The van der Waals surface area contributed by atoms with Gasteiger partial charge in [-0.25, -0.2) is 13.8 Å². The number of carbonyl (C=O) groups is 1. The minimum Gasteiger partial charge on any atom is -0.352 e. The SMILES string of the molecule is Cc1nc(-c2ccc(Cl)cc2)sc1CCNC(=O)c1ccc(F)cc1F. The van der Waals surface area contributed by atoms with Crippen molar-refractivity contribution < 1.29 is 13.6 Å². The van der Waals surface area contributed by atoms with Crippen molar-refractivity contribution in [1.29, 1.82) is 0 Å². The lowest BCUT2D eigenvalue weighted by Gasteiger charge is -2.05. The Kier molecular flexibility index (Phi) is 5.64. The van der Waals surface area contributed by atoms with E-state index in [1.807, 2.05) is 31.2 Å². The Labute approximate surface area is 158 Å². The summed E-state index contributed by atoms with van der Waals surface area (Å²) in [4.78, 5) is 17.6. The van der Waals surface area contributed by atoms with Crippen LogP contribution in [0.3, 0.4) is 0 Å². The first kappa shape index (κ1) is 18.5. The molecule has 0 saturated heterocycles. The van der Waals surface area contributed by atoms with Crippen molar-refractivity contribution in [3.63, 3.8) is 0 Å². The van der Waals surface area contributed by atoms with Gasteiger partial charge in [0.2, 0.25) is 0 Å². The van der Waals surface area contributed by atoms with E-state index in [0.717, 1.165) is 33.3 Å². The third-order valence-electron chi connectivity index (χ3n) is 3.80. The number of benzene rings is 2. The van der Waals surface area contributed by atoms with Crippen molar-refractivity contribution in [2.75, 3.05) is 6.54 Å². The quantitative estimate of drug-likeness (QED) is 0.662. The van der Waals surface area contributed by atoms with Crippen molar-refractivity contribution in [2.24, 2.45) is 0 Å². The van der Waals surface area contributed by atoms with Gasteiger partial charge >= 0.3 is 0 Å². The van der Waals surface area contributed by atoms with Gasteiger partial charge in [0, 0.05) is 34.5 Å². The number of amides is 1. The molecule has 0 radical (unpaired) electrons. The standard InChI is InChI=1S/C19H15ClF2N2OS/c1-11-17(26-19(24-11)12-2-4-13(20)5-3-12)8-9-23-18(25)15-7-6-14(21)10-16(15)22/h2-7,10H,8-9H2,1H3,(H,23,25). The number of aryl methyl sites for hydroxylation is 1. The van der Waals surface area contributed by atoms with Gasteiger partial charge in [-0.15, -0.1) is 11.3 Å². The lowest BCUT2D eigenvalue weighted by molar-refractivity contribution is 0.0950. The summed E-state index contributed by atoms with van der Waals surface area (Å²) in [6.45, 7) is 2.24. The van der Waals surface area contributed by atoms with Gasteiger partial charge in [-0.2, -0.15) is 0 Å². The van der Waals surface area contributed by atoms with E-state index in [1.165, 1.54) is 0 Å². The fourth-order valence-corrected chi connectivity index (χ4v) is 3.63. The Morgan fingerprint density at radius 1 is 1.19 bits per heavy atom. The summed E-state index contributed by atoms with van der Waals surface area (Å²) in [5.74, 6) is -2.15. The van der Waals surface area contributed by atoms with E-state index in [0.29, 0.717) is 24.1 Å². The molecule has 0 unspecified atom stereocenters. The summed E-state index contributed by atoms with van der Waals surface area (Å²) in [6, 6.07) is 10.3. The second-order valence-corrected chi connectivity index (χ2v) is 7.18. The zero-order chi connectivity index (χ0) is 18.7. The number of aromatic nitrogens is 1. The zero-order valence-corrected chi connectivity index (χ0v) is 15.4. The number of carbonyl (C=O) groups excluding carboxylic acids is 1. The van der Waals surface area contributed by atoms with Gasteiger partial charge < -0.3 is 5.32 Å². The van der Waals surface area contributed by atoms with E-state index >= 15 is 0 Å². The van der Waals surface area contributed by atoms with Crippen LogP contribution in [0.15, 0.2) is 42.5 Å². The van der Waals surface area contributed by atoms with E-state index < -0.39 is 17.5 Å². The number of thiazole rings is 1. The van der Waals surface area contributed by atoms with Gasteiger partial charge in [-0.1, -0.05) is 23.7 Å². The van der Waals surface area contributed by atoms with Crippen molar-refractivity contribution in [1.82, 2.24) is 10.3 Å². The molecule has 0 aliphatic heterocycles. The summed E-state index contributed by atoms with van der Waals surface area (Å²) in [7, 11) is 0. The van der Waals surface area contributed by atoms with Gasteiger partial charge in [-0.05, 0) is 31.2 Å². The molecule has 1 aromatic heterocycles. The average Bonchev–Trinajstić information content (AvgIpc) is 2.96. The molecule has 3 rings (SSSR count). The lowest BCUT2D eigenvalue weighted by atomic mass is 10.2. The van der Waals surface area contributed by atoms with Gasteiger partial charge in [0.15, 0.2) is 0 Å². The molecule has 1 N–H and O–H groups in total. The molecule has 0 aliphatic rings. The molecule has 3 nitrogen and oxygen atoms in total. The second-order valence-electron chi connectivity index (χ2n) is 5.66. The largest absolute Gasteiger partial charge is 0.352 e. The predicted octanol–water partition coefficient (Wildman–Crippen LogP) is 5.02. The summed E-state index contributed by atoms with van der Waals surface area (Å²) >= 11 is 7.44. The van der Waals surface area contributed by atoms with Crippen LogP contribution in [0.2, 0.25) is 5.02 Å². The van der Waals surface area contributed by atoms with Crippen LogP contribution in [-0.4, -0.2) is 17.4 Å². The monoisotopic (exact) mass is 392 g/mol. The predicted molar refractivity (Wildman–Crippen MR) is 99.7 cm³/mol. The van der Waals surface area contributed by atoms with Gasteiger partial charge in [0.1, 0.15) is 16.6 Å². The van der Waals surface area contributed by atoms with E-state index in [-0.39, 0.29) is 5.56 Å². The third-order valence-corrected chi connectivity index (χ3v) is 5.32. The lowest BCUT2D eigenvalue weighted by Crippen LogP contribution is -2.26. The molecule has 3 aromatic rings. The molecule has 0 spiro atoms. The molecular weight excluding hydrogens is 378 g/mol. The summed E-state index contributed by atoms with van der Waals surface area (Å²) in [6.07, 6.45) is 0.575. The fourth-order valence-electron chi connectivity index (χ4n) is 2.43. The third kappa shape index (κ3) is 4.26. The van der Waals surface area contributed by atoms with Crippen LogP contribution < -0.4 is 5.32 Å². The molecule has 134 valence electrons. The van der Waals surface area contributed by atoms with Crippen molar-refractivity contribution in [3.8, 4) is 10.6 Å². The topological polar surface area (TPSA) is 42.0 Å². The van der Waals surface area contributed by atoms with Crippen molar-refractivity contribution >= 4 is 28.8 Å². The van der Waals surface area contributed by atoms with Crippen LogP contribution in [0.5, 0.6) is 0 Å². The Hall–Kier alpha value is -2.31. The highest BCUT2D eigenvalue weighted by Crippen LogP contribution is 2.29. The number of nitrogens with one attached hydrogen (secondary N) is 1. The summed E-state index contributed by atoms with van der Waals surface area (Å²) in [5.41, 5.74) is 1.70. The Morgan fingerprint density at radius 3 is 2.62 bits per heavy atom. The maximum atomic E-state index is 13.6. The highest BCUT2D eigenvalue weighted by molar-refractivity contribution is 7.15. The van der Waals surface area contributed by atoms with Crippen LogP contribution >= 0.6 is 22.9 Å². The number of halogens is 3. The van der Waals surface area contributed by atoms with Gasteiger partial charge in [0.05, 0.1) is 11.3 Å². The van der Waals surface area contributed by atoms with Crippen LogP contribution in [0.1, 0.15) is 20.9 Å². The molecule has 7 heteroatoms. The second kappa shape index (κ2) is 7.93. The normalized spacial score (nSPS) is 10.8. The maximum Gasteiger partial charge on any atom is 0.254 e. The maximum absolute atomic E-state index is 13.6. The molecule has 0 aliphatic carbocycles. The Bertz CT molecular complexity index is 941. The fraction of sp³-hybridized carbons (Fsp3) is 0.158. The first-order valence-corrected chi connectivity index (χ1v) is 9.09. The number of hydrogen-bond donors (Lipinski definition) is 1. The van der Waals surface area contributed by atoms with E-state index in [2.05, 4.69) is 10.3 Å². The summed E-state index contributed by atoms with van der Waals surface area (Å²) in [5, 5.41) is 4.20. The molecule has 0 saturated carbocycles. The molecule has 0 atom stereocenters. The van der Waals surface area contributed by atoms with E-state index in [9.17, 15) is 13.6 Å². The van der Waals surface area contributed by atoms with Crippen LogP contribution in [0.4, 0.5) is 8.78 Å². The van der Waals surface area contributed by atoms with E-state index in [4.69, 9.17) is 11.6 Å². The highest BCUT2D eigenvalue weighted by atomic mass is 35.5. The highest BCUT2D eigenvalue weighted by Gasteiger charge is 2.13. The average molecular weight is 393 g/mol. The minimum atomic E-state index is -0.874. The van der Waals surface area contributed by atoms with Gasteiger partial charge in [-0.3, -0.25) is 4.79 Å². The van der Waals surface area contributed by atoms with Crippen LogP contribution in [0, 0.1) is 18.6 Å². The first-order chi connectivity index (χ1) is 12.4. The smallest absolute Gasteiger partial charge is 0.254 e. The Morgan fingerprint density at radius 2 is 1.92 bits per heavy atom. The van der Waals surface area contributed by atoms with Crippen LogP contribution in [0.25, 0.3) is 10.6 Å². The molecule has 1 amide bonds. The number of rotatable bonds is 5. The molecule has 1 heterocycles. The molecular formula is C19H15ClF2N2OS. The number of hydrogen-bond acceptors (Lipinski definition) is 3. The van der Waals surface area contributed by atoms with Crippen molar-refractivity contribution in [3.05, 3.63) is 75.3 Å². The molecule has 0 bridgehead atoms. The van der Waals surface area contributed by atoms with Gasteiger partial charge in [0.25, 0.3) is 5.91 Å². The first-order valence-electron chi connectivity index (χ1n) is 7.89. The molecule has 2 aromatic carbocycles. The summed E-state index contributed by atoms with van der Waals surface area (Å²) < 4.78 is 26.5.